The summed E-state index contributed by atoms with van der Waals surface area (Å²) < 4.78 is 5.78. The van der Waals surface area contributed by atoms with E-state index in [1.807, 2.05) is 54.6 Å². The van der Waals surface area contributed by atoms with Crippen LogP contribution in [0.25, 0.3) is 0 Å². The van der Waals surface area contributed by atoms with Gasteiger partial charge in [0, 0.05) is 6.42 Å². The van der Waals surface area contributed by atoms with Gasteiger partial charge in [0.1, 0.15) is 12.4 Å². The predicted molar refractivity (Wildman–Crippen MR) is 86.6 cm³/mol. The first-order valence-electron chi connectivity index (χ1n) is 6.87. The van der Waals surface area contributed by atoms with Crippen LogP contribution >= 0.6 is 11.3 Å². The fourth-order valence-corrected chi connectivity index (χ4v) is 2.90. The molecule has 4 nitrogen and oxygen atoms in total. The van der Waals surface area contributed by atoms with Crippen molar-refractivity contribution < 1.29 is 9.84 Å². The normalized spacial score (nSPS) is 10.5. The van der Waals surface area contributed by atoms with Gasteiger partial charge in [0.05, 0.1) is 4.88 Å². The topological polar surface area (TPSA) is 62.3 Å². The molecule has 0 amide bonds. The van der Waals surface area contributed by atoms with Crippen molar-refractivity contribution in [1.29, 1.82) is 0 Å². The Balaban J connectivity index is 1.70. The van der Waals surface area contributed by atoms with Gasteiger partial charge in [-0.3, -0.25) is 9.78 Å². The fraction of sp³-hybridized carbons (Fsp3) is 0.118. The number of ether oxygens (including phenoxy) is 1. The summed E-state index contributed by atoms with van der Waals surface area (Å²) in [7, 11) is 0. The minimum Gasteiger partial charge on any atom is -0.494 e. The number of aromatic amines is 1. The lowest BCUT2D eigenvalue weighted by molar-refractivity contribution is 0.306. The molecule has 0 saturated carbocycles. The number of nitrogens with one attached hydrogen (secondary N) is 1. The fourth-order valence-electron chi connectivity index (χ4n) is 2.14. The number of benzene rings is 2. The first kappa shape index (κ1) is 14.4. The SMILES string of the molecule is O=c1[nH]c(O)c(Cc2cccc(OCc3ccccc3)c2)s1. The van der Waals surface area contributed by atoms with Crippen LogP contribution in [0.15, 0.2) is 59.4 Å². The highest BCUT2D eigenvalue weighted by molar-refractivity contribution is 7.09. The molecule has 0 spiro atoms. The van der Waals surface area contributed by atoms with Crippen molar-refractivity contribution in [3.63, 3.8) is 0 Å². The maximum absolute atomic E-state index is 11.2. The number of thiazole rings is 1. The van der Waals surface area contributed by atoms with Crippen molar-refractivity contribution in [2.45, 2.75) is 13.0 Å². The van der Waals surface area contributed by atoms with Crippen molar-refractivity contribution in [3.05, 3.63) is 80.3 Å². The zero-order valence-corrected chi connectivity index (χ0v) is 12.6. The molecule has 0 bridgehead atoms. The van der Waals surface area contributed by atoms with E-state index in [-0.39, 0.29) is 10.8 Å². The van der Waals surface area contributed by atoms with E-state index < -0.39 is 0 Å². The molecular formula is C17H15NO3S. The lowest BCUT2D eigenvalue weighted by Gasteiger charge is -2.08. The van der Waals surface area contributed by atoms with Crippen molar-refractivity contribution in [3.8, 4) is 11.6 Å². The Hall–Kier alpha value is -2.53. The van der Waals surface area contributed by atoms with Crippen LogP contribution in [0.5, 0.6) is 11.6 Å². The molecule has 3 aromatic rings. The summed E-state index contributed by atoms with van der Waals surface area (Å²) in [4.78, 5) is 14.0. The van der Waals surface area contributed by atoms with Crippen LogP contribution in [0.1, 0.15) is 16.0 Å². The number of H-pyrrole nitrogens is 1. The molecule has 2 aromatic carbocycles. The van der Waals surface area contributed by atoms with E-state index in [9.17, 15) is 9.90 Å². The zero-order valence-electron chi connectivity index (χ0n) is 11.8. The summed E-state index contributed by atoms with van der Waals surface area (Å²) in [5.41, 5.74) is 2.09. The van der Waals surface area contributed by atoms with Gasteiger partial charge in [0.2, 0.25) is 5.88 Å². The highest BCUT2D eigenvalue weighted by Crippen LogP contribution is 2.23. The van der Waals surface area contributed by atoms with Crippen LogP contribution in [-0.2, 0) is 13.0 Å². The molecule has 22 heavy (non-hydrogen) atoms. The van der Waals surface area contributed by atoms with Crippen molar-refractivity contribution in [2.24, 2.45) is 0 Å². The molecule has 1 aromatic heterocycles. The van der Waals surface area contributed by atoms with Gasteiger partial charge in [-0.2, -0.15) is 0 Å². The minimum absolute atomic E-state index is 0.0504. The number of aromatic nitrogens is 1. The van der Waals surface area contributed by atoms with E-state index in [1.165, 1.54) is 0 Å². The smallest absolute Gasteiger partial charge is 0.307 e. The number of aromatic hydroxyl groups is 1. The molecule has 0 aliphatic heterocycles. The number of hydrogen-bond donors (Lipinski definition) is 2. The van der Waals surface area contributed by atoms with E-state index in [0.29, 0.717) is 17.9 Å². The van der Waals surface area contributed by atoms with E-state index in [4.69, 9.17) is 4.74 Å². The molecule has 0 atom stereocenters. The first-order valence-corrected chi connectivity index (χ1v) is 7.69. The zero-order chi connectivity index (χ0) is 15.4. The molecular weight excluding hydrogens is 298 g/mol. The average Bonchev–Trinajstić information content (AvgIpc) is 2.84. The third-order valence-corrected chi connectivity index (χ3v) is 4.08. The Bertz CT molecular complexity index is 808. The van der Waals surface area contributed by atoms with Crippen molar-refractivity contribution in [1.82, 2.24) is 4.98 Å². The summed E-state index contributed by atoms with van der Waals surface area (Å²) >= 11 is 1.02. The van der Waals surface area contributed by atoms with Crippen molar-refractivity contribution in [2.75, 3.05) is 0 Å². The van der Waals surface area contributed by atoms with Crippen LogP contribution in [-0.4, -0.2) is 10.1 Å². The van der Waals surface area contributed by atoms with Crippen LogP contribution < -0.4 is 9.61 Å². The third-order valence-electron chi connectivity index (χ3n) is 3.21. The number of rotatable bonds is 5. The standard InChI is InChI=1S/C17H15NO3S/c19-16-15(22-17(20)18-16)10-13-7-4-8-14(9-13)21-11-12-5-2-1-3-6-12/h1-9,19H,10-11H2,(H,18,20). The quantitative estimate of drug-likeness (QED) is 0.759. The van der Waals surface area contributed by atoms with Gasteiger partial charge >= 0.3 is 4.87 Å². The van der Waals surface area contributed by atoms with Crippen LogP contribution in [0.4, 0.5) is 0 Å². The van der Waals surface area contributed by atoms with Gasteiger partial charge in [0.25, 0.3) is 0 Å². The van der Waals surface area contributed by atoms with Gasteiger partial charge in [-0.05, 0) is 23.3 Å². The first-order chi connectivity index (χ1) is 10.7. The molecule has 3 rings (SSSR count). The molecule has 0 unspecified atom stereocenters. The van der Waals surface area contributed by atoms with Gasteiger partial charge in [0.15, 0.2) is 0 Å². The van der Waals surface area contributed by atoms with Crippen LogP contribution in [0.3, 0.4) is 0 Å². The molecule has 0 saturated heterocycles. The van der Waals surface area contributed by atoms with Crippen LogP contribution in [0.2, 0.25) is 0 Å². The summed E-state index contributed by atoms with van der Waals surface area (Å²) in [6, 6.07) is 17.6. The van der Waals surface area contributed by atoms with E-state index >= 15 is 0 Å². The van der Waals surface area contributed by atoms with Crippen LogP contribution in [0, 0.1) is 0 Å². The van der Waals surface area contributed by atoms with Gasteiger partial charge < -0.3 is 9.84 Å². The Morgan fingerprint density at radius 1 is 1.05 bits per heavy atom. The molecule has 0 radical (unpaired) electrons. The third kappa shape index (κ3) is 3.56. The molecule has 5 heteroatoms. The Kier molecular flexibility index (Phi) is 4.25. The second-order valence-electron chi connectivity index (χ2n) is 4.88. The summed E-state index contributed by atoms with van der Waals surface area (Å²) in [6.07, 6.45) is 0.498. The molecule has 0 fully saturated rings. The largest absolute Gasteiger partial charge is 0.494 e. The molecule has 1 heterocycles. The molecule has 2 N–H and O–H groups in total. The van der Waals surface area contributed by atoms with Gasteiger partial charge in [-0.15, -0.1) is 0 Å². The second kappa shape index (κ2) is 6.49. The molecule has 0 aliphatic rings. The van der Waals surface area contributed by atoms with Gasteiger partial charge in [-0.1, -0.05) is 53.8 Å². The summed E-state index contributed by atoms with van der Waals surface area (Å²) in [5.74, 6) is 0.717. The highest BCUT2D eigenvalue weighted by Gasteiger charge is 2.08. The second-order valence-corrected chi connectivity index (χ2v) is 5.95. The molecule has 0 aliphatic carbocycles. The average molecular weight is 313 g/mol. The maximum Gasteiger partial charge on any atom is 0.307 e. The van der Waals surface area contributed by atoms with E-state index in [1.54, 1.807) is 0 Å². The van der Waals surface area contributed by atoms with Crippen molar-refractivity contribution >= 4 is 11.3 Å². The van der Waals surface area contributed by atoms with E-state index in [0.717, 1.165) is 28.2 Å². The Morgan fingerprint density at radius 3 is 2.55 bits per heavy atom. The highest BCUT2D eigenvalue weighted by atomic mass is 32.1. The minimum atomic E-state index is -0.246. The van der Waals surface area contributed by atoms with Gasteiger partial charge in [-0.25, -0.2) is 0 Å². The Morgan fingerprint density at radius 2 is 1.82 bits per heavy atom. The summed E-state index contributed by atoms with van der Waals surface area (Å²) in [6.45, 7) is 0.507. The Labute approximate surface area is 131 Å². The molecule has 112 valence electrons. The summed E-state index contributed by atoms with van der Waals surface area (Å²) in [5, 5.41) is 9.64. The maximum atomic E-state index is 11.2. The number of hydrogen-bond acceptors (Lipinski definition) is 4. The lowest BCUT2D eigenvalue weighted by Crippen LogP contribution is -1.96. The lowest BCUT2D eigenvalue weighted by atomic mass is 10.1. The predicted octanol–water partition coefficient (Wildman–Crippen LogP) is 3.31. The monoisotopic (exact) mass is 313 g/mol. The van der Waals surface area contributed by atoms with E-state index in [2.05, 4.69) is 4.98 Å².